The largest absolute Gasteiger partial charge is 0.496 e. The second-order valence-corrected chi connectivity index (χ2v) is 9.72. The molecule has 4 rings (SSSR count). The maximum atomic E-state index is 10.7. The summed E-state index contributed by atoms with van der Waals surface area (Å²) in [6.07, 6.45) is 9.39. The lowest BCUT2D eigenvalue weighted by atomic mass is 9.57. The van der Waals surface area contributed by atoms with Crippen molar-refractivity contribution in [2.45, 2.75) is 51.4 Å². The van der Waals surface area contributed by atoms with Crippen LogP contribution in [0.25, 0.3) is 17.2 Å². The Morgan fingerprint density at radius 1 is 1.03 bits per heavy atom. The highest BCUT2D eigenvalue weighted by atomic mass is 16.5. The number of hydrogen-bond acceptors (Lipinski definition) is 2. The van der Waals surface area contributed by atoms with Crippen molar-refractivity contribution in [2.75, 3.05) is 7.11 Å². The van der Waals surface area contributed by atoms with E-state index in [4.69, 9.17) is 9.84 Å². The first-order chi connectivity index (χ1) is 14.4. The van der Waals surface area contributed by atoms with Gasteiger partial charge in [0, 0.05) is 11.6 Å². The lowest BCUT2D eigenvalue weighted by Gasteiger charge is -2.48. The molecule has 2 bridgehead atoms. The second-order valence-electron chi connectivity index (χ2n) is 9.72. The molecule has 0 radical (unpaired) electrons. The van der Waals surface area contributed by atoms with Gasteiger partial charge >= 0.3 is 5.97 Å². The third-order valence-electron chi connectivity index (χ3n) is 7.13. The van der Waals surface area contributed by atoms with E-state index in [1.807, 2.05) is 12.1 Å². The summed E-state index contributed by atoms with van der Waals surface area (Å²) in [6.45, 7) is 4.85. The number of aliphatic carboxylic acids is 1. The maximum absolute atomic E-state index is 10.7. The van der Waals surface area contributed by atoms with Crippen molar-refractivity contribution in [3.63, 3.8) is 0 Å². The summed E-state index contributed by atoms with van der Waals surface area (Å²) in [5.41, 5.74) is 4.70. The van der Waals surface area contributed by atoms with E-state index < -0.39 is 5.97 Å². The van der Waals surface area contributed by atoms with Crippen LogP contribution >= 0.6 is 0 Å². The second kappa shape index (κ2) is 8.29. The molecule has 2 atom stereocenters. The Morgan fingerprint density at radius 3 is 2.27 bits per heavy atom. The molecule has 30 heavy (non-hydrogen) atoms. The molecule has 158 valence electrons. The van der Waals surface area contributed by atoms with Gasteiger partial charge < -0.3 is 9.84 Å². The van der Waals surface area contributed by atoms with E-state index in [0.717, 1.165) is 34.6 Å². The third kappa shape index (κ3) is 4.30. The van der Waals surface area contributed by atoms with E-state index >= 15 is 0 Å². The maximum Gasteiger partial charge on any atom is 0.328 e. The van der Waals surface area contributed by atoms with Crippen LogP contribution < -0.4 is 4.74 Å². The number of rotatable bonds is 5. The molecule has 0 heterocycles. The average molecular weight is 405 g/mol. The van der Waals surface area contributed by atoms with Crippen LogP contribution in [0, 0.1) is 17.8 Å². The minimum Gasteiger partial charge on any atom is -0.496 e. The number of methoxy groups -OCH3 is 1. The Bertz CT molecular complexity index is 923. The van der Waals surface area contributed by atoms with Crippen LogP contribution in [0.5, 0.6) is 5.75 Å². The molecule has 0 amide bonds. The molecular formula is C27H32O3. The number of carboxylic acids is 1. The Morgan fingerprint density at radius 2 is 1.67 bits per heavy atom. The minimum absolute atomic E-state index is 0.152. The highest BCUT2D eigenvalue weighted by Crippen LogP contribution is 2.53. The quantitative estimate of drug-likeness (QED) is 0.574. The first-order valence-corrected chi connectivity index (χ1v) is 11.1. The van der Waals surface area contributed by atoms with Crippen molar-refractivity contribution in [1.82, 2.24) is 0 Å². The summed E-state index contributed by atoms with van der Waals surface area (Å²) < 4.78 is 5.81. The predicted octanol–water partition coefficient (Wildman–Crippen LogP) is 6.56. The smallest absolute Gasteiger partial charge is 0.328 e. The van der Waals surface area contributed by atoms with Gasteiger partial charge in [0.2, 0.25) is 0 Å². The summed E-state index contributed by atoms with van der Waals surface area (Å²) in [7, 11) is 1.77. The van der Waals surface area contributed by atoms with E-state index in [-0.39, 0.29) is 5.41 Å². The molecule has 0 saturated heterocycles. The van der Waals surface area contributed by atoms with Gasteiger partial charge in [-0.3, -0.25) is 0 Å². The van der Waals surface area contributed by atoms with Crippen LogP contribution in [-0.4, -0.2) is 18.2 Å². The topological polar surface area (TPSA) is 46.5 Å². The molecule has 2 fully saturated rings. The SMILES string of the molecule is COc1ccc(-c2ccc(/C=C/C(=O)O)cc2)cc1C1(C)CC2CC(C)CC(C2)C1. The molecule has 2 unspecified atom stereocenters. The van der Waals surface area contributed by atoms with E-state index in [1.165, 1.54) is 49.3 Å². The van der Waals surface area contributed by atoms with Crippen LogP contribution in [0.15, 0.2) is 48.5 Å². The van der Waals surface area contributed by atoms with Gasteiger partial charge in [-0.25, -0.2) is 4.79 Å². The number of ether oxygens (including phenoxy) is 1. The Kier molecular flexibility index (Phi) is 5.73. The zero-order valence-corrected chi connectivity index (χ0v) is 18.2. The molecule has 2 aliphatic carbocycles. The highest BCUT2D eigenvalue weighted by molar-refractivity contribution is 5.85. The van der Waals surface area contributed by atoms with E-state index in [9.17, 15) is 4.79 Å². The van der Waals surface area contributed by atoms with E-state index in [0.29, 0.717) is 0 Å². The van der Waals surface area contributed by atoms with Crippen molar-refractivity contribution >= 4 is 12.0 Å². The summed E-state index contributed by atoms with van der Waals surface area (Å²) >= 11 is 0. The van der Waals surface area contributed by atoms with E-state index in [1.54, 1.807) is 13.2 Å². The Balaban J connectivity index is 1.65. The zero-order chi connectivity index (χ0) is 21.3. The summed E-state index contributed by atoms with van der Waals surface area (Å²) in [6, 6.07) is 14.6. The Labute approximate surface area is 179 Å². The Hall–Kier alpha value is -2.55. The number of carbonyl (C=O) groups is 1. The van der Waals surface area contributed by atoms with Gasteiger partial charge in [0.25, 0.3) is 0 Å². The van der Waals surface area contributed by atoms with Gasteiger partial charge in [0.15, 0.2) is 0 Å². The number of hydrogen-bond donors (Lipinski definition) is 1. The molecule has 3 heteroatoms. The molecule has 2 aromatic carbocycles. The van der Waals surface area contributed by atoms with Gasteiger partial charge in [-0.1, -0.05) is 44.2 Å². The van der Waals surface area contributed by atoms with Crippen LogP contribution in [0.2, 0.25) is 0 Å². The van der Waals surface area contributed by atoms with Crippen molar-refractivity contribution in [3.8, 4) is 16.9 Å². The lowest BCUT2D eigenvalue weighted by molar-refractivity contribution is -0.131. The highest BCUT2D eigenvalue weighted by Gasteiger charge is 2.43. The molecule has 2 aliphatic rings. The average Bonchev–Trinajstić information content (AvgIpc) is 2.71. The number of fused-ring (bicyclic) bond motifs is 2. The van der Waals surface area contributed by atoms with Gasteiger partial charge in [-0.05, 0) is 90.2 Å². The fourth-order valence-electron chi connectivity index (χ4n) is 6.12. The van der Waals surface area contributed by atoms with Crippen molar-refractivity contribution < 1.29 is 14.6 Å². The van der Waals surface area contributed by atoms with Gasteiger partial charge in [-0.15, -0.1) is 0 Å². The molecule has 2 aromatic rings. The molecular weight excluding hydrogens is 372 g/mol. The summed E-state index contributed by atoms with van der Waals surface area (Å²) in [5.74, 6) is 2.58. The fraction of sp³-hybridized carbons (Fsp3) is 0.444. The number of carboxylic acid groups (broad SMARTS) is 1. The normalized spacial score (nSPS) is 28.4. The third-order valence-corrected chi connectivity index (χ3v) is 7.13. The minimum atomic E-state index is -0.932. The number of benzene rings is 2. The first kappa shape index (κ1) is 20.7. The molecule has 0 aliphatic heterocycles. The molecule has 2 saturated carbocycles. The first-order valence-electron chi connectivity index (χ1n) is 11.1. The summed E-state index contributed by atoms with van der Waals surface area (Å²) in [5, 5.41) is 8.81. The predicted molar refractivity (Wildman–Crippen MR) is 122 cm³/mol. The van der Waals surface area contributed by atoms with Gasteiger partial charge in [0.1, 0.15) is 5.75 Å². The van der Waals surface area contributed by atoms with Crippen molar-refractivity contribution in [1.29, 1.82) is 0 Å². The van der Waals surface area contributed by atoms with Crippen LogP contribution in [0.3, 0.4) is 0 Å². The van der Waals surface area contributed by atoms with Gasteiger partial charge in [0.05, 0.1) is 7.11 Å². The van der Waals surface area contributed by atoms with E-state index in [2.05, 4.69) is 44.2 Å². The fourth-order valence-corrected chi connectivity index (χ4v) is 6.12. The lowest BCUT2D eigenvalue weighted by Crippen LogP contribution is -2.39. The standard InChI is InChI=1S/C27H32O3/c1-18-12-20-14-21(13-18)17-27(2,16-20)24-15-23(9-10-25(24)30-3)22-7-4-19(5-8-22)6-11-26(28)29/h4-11,15,18,20-21H,12-14,16-17H2,1-3H3,(H,28,29)/b11-6+. The van der Waals surface area contributed by atoms with Crippen LogP contribution in [0.4, 0.5) is 0 Å². The molecule has 1 N–H and O–H groups in total. The van der Waals surface area contributed by atoms with Gasteiger partial charge in [-0.2, -0.15) is 0 Å². The molecule has 0 aromatic heterocycles. The molecule has 3 nitrogen and oxygen atoms in total. The van der Waals surface area contributed by atoms with Crippen molar-refractivity contribution in [3.05, 3.63) is 59.7 Å². The van der Waals surface area contributed by atoms with Crippen molar-refractivity contribution in [2.24, 2.45) is 17.8 Å². The van der Waals surface area contributed by atoms with Crippen LogP contribution in [-0.2, 0) is 10.2 Å². The monoisotopic (exact) mass is 404 g/mol. The van der Waals surface area contributed by atoms with Crippen LogP contribution in [0.1, 0.15) is 57.1 Å². The summed E-state index contributed by atoms with van der Waals surface area (Å²) in [4.78, 5) is 10.7. The molecule has 0 spiro atoms. The zero-order valence-electron chi connectivity index (χ0n) is 18.2.